The van der Waals surface area contributed by atoms with E-state index in [4.69, 9.17) is 4.74 Å². The van der Waals surface area contributed by atoms with Gasteiger partial charge in [0.2, 0.25) is 0 Å². The Kier molecular flexibility index (Phi) is 3.42. The molecule has 1 aliphatic rings. The molecule has 0 saturated carbocycles. The van der Waals surface area contributed by atoms with Crippen molar-refractivity contribution < 1.29 is 4.74 Å². The summed E-state index contributed by atoms with van der Waals surface area (Å²) >= 11 is 0. The van der Waals surface area contributed by atoms with Crippen LogP contribution in [0, 0.1) is 6.92 Å². The molecule has 0 fully saturated rings. The Hall–Kier alpha value is -0.900. The van der Waals surface area contributed by atoms with Gasteiger partial charge in [-0.15, -0.1) is 0 Å². The lowest BCUT2D eigenvalue weighted by Gasteiger charge is -2.18. The van der Waals surface area contributed by atoms with Gasteiger partial charge in [-0.25, -0.2) is 9.67 Å². The molecule has 0 N–H and O–H groups in total. The van der Waals surface area contributed by atoms with Crippen LogP contribution in [0.1, 0.15) is 38.5 Å². The van der Waals surface area contributed by atoms with Gasteiger partial charge in [0.25, 0.3) is 0 Å². The van der Waals surface area contributed by atoms with Crippen molar-refractivity contribution in [3.63, 3.8) is 0 Å². The van der Waals surface area contributed by atoms with Crippen LogP contribution in [0.3, 0.4) is 0 Å². The SMILES string of the molecule is CC.Cc1nc2n(n1)CCOC2C. The number of ether oxygens (including phenoxy) is 1. The quantitative estimate of drug-likeness (QED) is 0.614. The highest BCUT2D eigenvalue weighted by Gasteiger charge is 2.19. The third-order valence-corrected chi connectivity index (χ3v) is 1.84. The summed E-state index contributed by atoms with van der Waals surface area (Å²) in [4.78, 5) is 4.26. The molecule has 0 aromatic carbocycles. The molecule has 0 amide bonds. The van der Waals surface area contributed by atoms with Crippen molar-refractivity contribution in [2.24, 2.45) is 0 Å². The summed E-state index contributed by atoms with van der Waals surface area (Å²) in [6, 6.07) is 0. The smallest absolute Gasteiger partial charge is 0.156 e. The summed E-state index contributed by atoms with van der Waals surface area (Å²) < 4.78 is 7.31. The van der Waals surface area contributed by atoms with Crippen LogP contribution in [0.4, 0.5) is 0 Å². The first-order chi connectivity index (χ1) is 6.27. The maximum atomic E-state index is 5.39. The fourth-order valence-corrected chi connectivity index (χ4v) is 1.33. The van der Waals surface area contributed by atoms with Gasteiger partial charge < -0.3 is 4.74 Å². The Morgan fingerprint density at radius 3 is 2.77 bits per heavy atom. The summed E-state index contributed by atoms with van der Waals surface area (Å²) in [5.41, 5.74) is 0. The van der Waals surface area contributed by atoms with Gasteiger partial charge in [0.05, 0.1) is 13.2 Å². The van der Waals surface area contributed by atoms with E-state index in [9.17, 15) is 0 Å². The monoisotopic (exact) mass is 183 g/mol. The number of rotatable bonds is 0. The zero-order valence-electron chi connectivity index (χ0n) is 8.74. The van der Waals surface area contributed by atoms with Crippen LogP contribution in [-0.4, -0.2) is 21.4 Å². The van der Waals surface area contributed by atoms with E-state index >= 15 is 0 Å². The van der Waals surface area contributed by atoms with Crippen molar-refractivity contribution in [2.45, 2.75) is 40.3 Å². The van der Waals surface area contributed by atoms with Crippen molar-refractivity contribution in [3.8, 4) is 0 Å². The first-order valence-corrected chi connectivity index (χ1v) is 4.80. The molecule has 0 radical (unpaired) electrons. The molecular formula is C9H17N3O. The third kappa shape index (κ3) is 2.06. The molecule has 0 spiro atoms. The molecule has 0 bridgehead atoms. The predicted molar refractivity (Wildman–Crippen MR) is 50.5 cm³/mol. The molecule has 2 heterocycles. The van der Waals surface area contributed by atoms with E-state index < -0.39 is 0 Å². The van der Waals surface area contributed by atoms with E-state index in [2.05, 4.69) is 10.1 Å². The second-order valence-electron chi connectivity index (χ2n) is 2.75. The van der Waals surface area contributed by atoms with E-state index in [0.717, 1.165) is 24.8 Å². The van der Waals surface area contributed by atoms with Crippen molar-refractivity contribution in [2.75, 3.05) is 6.61 Å². The van der Waals surface area contributed by atoms with Gasteiger partial charge in [-0.3, -0.25) is 0 Å². The predicted octanol–water partition coefficient (Wildman–Crippen LogP) is 1.70. The van der Waals surface area contributed by atoms with Crippen molar-refractivity contribution in [1.82, 2.24) is 14.8 Å². The fraction of sp³-hybridized carbons (Fsp3) is 0.778. The van der Waals surface area contributed by atoms with Gasteiger partial charge in [0, 0.05) is 0 Å². The van der Waals surface area contributed by atoms with E-state index in [-0.39, 0.29) is 6.10 Å². The highest BCUT2D eigenvalue weighted by molar-refractivity contribution is 4.96. The van der Waals surface area contributed by atoms with Gasteiger partial charge in [-0.1, -0.05) is 13.8 Å². The third-order valence-electron chi connectivity index (χ3n) is 1.84. The average Bonchev–Trinajstić information content (AvgIpc) is 2.51. The zero-order valence-corrected chi connectivity index (χ0v) is 8.74. The first-order valence-electron chi connectivity index (χ1n) is 4.80. The second kappa shape index (κ2) is 4.37. The Balaban J connectivity index is 0.000000396. The van der Waals surface area contributed by atoms with Crippen LogP contribution in [0.25, 0.3) is 0 Å². The van der Waals surface area contributed by atoms with Crippen molar-refractivity contribution in [1.29, 1.82) is 0 Å². The molecular weight excluding hydrogens is 166 g/mol. The van der Waals surface area contributed by atoms with E-state index in [1.54, 1.807) is 0 Å². The lowest BCUT2D eigenvalue weighted by Crippen LogP contribution is -2.20. The maximum absolute atomic E-state index is 5.39. The van der Waals surface area contributed by atoms with E-state index in [1.807, 2.05) is 32.4 Å². The number of aryl methyl sites for hydroxylation is 1. The molecule has 1 unspecified atom stereocenters. The lowest BCUT2D eigenvalue weighted by molar-refractivity contribution is 0.0255. The Morgan fingerprint density at radius 1 is 1.46 bits per heavy atom. The van der Waals surface area contributed by atoms with Gasteiger partial charge in [0.1, 0.15) is 11.9 Å². The van der Waals surface area contributed by atoms with Crippen LogP contribution in [0.15, 0.2) is 0 Å². The Labute approximate surface area is 78.9 Å². The Morgan fingerprint density at radius 2 is 2.15 bits per heavy atom. The number of nitrogens with zero attached hydrogens (tertiary/aromatic N) is 3. The van der Waals surface area contributed by atoms with E-state index in [0.29, 0.717) is 0 Å². The lowest BCUT2D eigenvalue weighted by atomic mass is 10.3. The summed E-state index contributed by atoms with van der Waals surface area (Å²) in [7, 11) is 0. The van der Waals surface area contributed by atoms with Crippen LogP contribution in [0.2, 0.25) is 0 Å². The second-order valence-corrected chi connectivity index (χ2v) is 2.75. The molecule has 1 aromatic rings. The van der Waals surface area contributed by atoms with E-state index in [1.165, 1.54) is 0 Å². The van der Waals surface area contributed by atoms with Gasteiger partial charge in [-0.05, 0) is 13.8 Å². The van der Waals surface area contributed by atoms with Crippen LogP contribution < -0.4 is 0 Å². The van der Waals surface area contributed by atoms with Gasteiger partial charge in [0.15, 0.2) is 5.82 Å². The molecule has 0 saturated heterocycles. The summed E-state index contributed by atoms with van der Waals surface area (Å²) in [5.74, 6) is 1.78. The largest absolute Gasteiger partial charge is 0.369 e. The number of fused-ring (bicyclic) bond motifs is 1. The molecule has 1 aliphatic heterocycles. The summed E-state index contributed by atoms with van der Waals surface area (Å²) in [6.07, 6.45) is 0.102. The minimum absolute atomic E-state index is 0.102. The molecule has 74 valence electrons. The highest BCUT2D eigenvalue weighted by atomic mass is 16.5. The molecule has 2 rings (SSSR count). The molecule has 1 aromatic heterocycles. The molecule has 0 aliphatic carbocycles. The molecule has 1 atom stereocenters. The Bertz CT molecular complexity index is 270. The van der Waals surface area contributed by atoms with Gasteiger partial charge in [-0.2, -0.15) is 5.10 Å². The molecule has 13 heavy (non-hydrogen) atoms. The number of hydrogen-bond donors (Lipinski definition) is 0. The normalized spacial score (nSPS) is 20.2. The molecule has 4 heteroatoms. The summed E-state index contributed by atoms with van der Waals surface area (Å²) in [6.45, 7) is 9.48. The first kappa shape index (κ1) is 10.2. The van der Waals surface area contributed by atoms with Crippen LogP contribution in [-0.2, 0) is 11.3 Å². The van der Waals surface area contributed by atoms with Crippen LogP contribution in [0.5, 0.6) is 0 Å². The van der Waals surface area contributed by atoms with Gasteiger partial charge >= 0.3 is 0 Å². The number of aromatic nitrogens is 3. The van der Waals surface area contributed by atoms with Crippen molar-refractivity contribution in [3.05, 3.63) is 11.6 Å². The highest BCUT2D eigenvalue weighted by Crippen LogP contribution is 2.18. The summed E-state index contributed by atoms with van der Waals surface area (Å²) in [5, 5.41) is 4.23. The number of hydrogen-bond acceptors (Lipinski definition) is 3. The zero-order chi connectivity index (χ0) is 9.84. The minimum Gasteiger partial charge on any atom is -0.369 e. The topological polar surface area (TPSA) is 39.9 Å². The maximum Gasteiger partial charge on any atom is 0.156 e. The minimum atomic E-state index is 0.102. The standard InChI is InChI=1S/C7H11N3O.C2H6/c1-5-7-8-6(2)9-10(7)3-4-11-5;1-2/h5H,3-4H2,1-2H3;1-2H3. The van der Waals surface area contributed by atoms with Crippen molar-refractivity contribution >= 4 is 0 Å². The average molecular weight is 183 g/mol. The fourth-order valence-electron chi connectivity index (χ4n) is 1.33. The van der Waals surface area contributed by atoms with Crippen LogP contribution >= 0.6 is 0 Å². The molecule has 4 nitrogen and oxygen atoms in total.